The molecule has 260 valence electrons. The van der Waals surface area contributed by atoms with Gasteiger partial charge in [-0.2, -0.15) is 0 Å². The highest BCUT2D eigenvalue weighted by Crippen LogP contribution is 2.76. The fraction of sp³-hybridized carbons (Fsp3) is 0.889. The van der Waals surface area contributed by atoms with Gasteiger partial charge in [0, 0.05) is 0 Å². The lowest BCUT2D eigenvalue weighted by Crippen LogP contribution is -2.66. The molecule has 0 radical (unpaired) electrons. The lowest BCUT2D eigenvalue weighted by molar-refractivity contribution is -0.297. The second-order valence-electron chi connectivity index (χ2n) is 17.6. The molecule has 0 amide bonds. The highest BCUT2D eigenvalue weighted by atomic mass is 16.7. The van der Waals surface area contributed by atoms with Gasteiger partial charge < -0.3 is 40.1 Å². The second kappa shape index (κ2) is 11.0. The second-order valence-corrected chi connectivity index (χ2v) is 17.6. The van der Waals surface area contributed by atoms with Crippen molar-refractivity contribution >= 4 is 11.9 Å². The van der Waals surface area contributed by atoms with Gasteiger partial charge in [-0.15, -0.1) is 0 Å². The first-order chi connectivity index (χ1) is 21.3. The number of carbonyl (C=O) groups is 2. The number of esters is 1. The fourth-order valence-electron chi connectivity index (χ4n) is 12.0. The van der Waals surface area contributed by atoms with Gasteiger partial charge >= 0.3 is 11.9 Å². The van der Waals surface area contributed by atoms with Crippen LogP contribution >= 0.6 is 0 Å². The molecule has 1 saturated heterocycles. The van der Waals surface area contributed by atoms with E-state index in [2.05, 4.69) is 40.7 Å². The lowest BCUT2D eigenvalue weighted by Gasteiger charge is -2.71. The summed E-state index contributed by atoms with van der Waals surface area (Å²) < 4.78 is 11.5. The first-order valence-electron chi connectivity index (χ1n) is 17.5. The molecule has 46 heavy (non-hydrogen) atoms. The molecule has 14 atom stereocenters. The number of allylic oxidation sites excluding steroid dienone is 2. The Bertz CT molecular complexity index is 1280. The zero-order chi connectivity index (χ0) is 33.8. The Kier molecular flexibility index (Phi) is 8.18. The SMILES string of the molecule is CC1(C)CC[C@]2(C(=O)O[C@H]3O[C@H](CO)[C@@H](O)[C@H](O)[C@H]3O)CC[C@]3(C)C(=CC[C@@H]4[C@@]5(C)CC[C@H](O)[C@@](C)(C(=O)O)[C@@H]5CC[C@]43C)[C@@H]2C1. The summed E-state index contributed by atoms with van der Waals surface area (Å²) >= 11 is 0. The third kappa shape index (κ3) is 4.49. The Morgan fingerprint density at radius 3 is 2.20 bits per heavy atom. The van der Waals surface area contributed by atoms with Crippen LogP contribution < -0.4 is 0 Å². The van der Waals surface area contributed by atoms with Gasteiger partial charge in [-0.05, 0) is 111 Å². The van der Waals surface area contributed by atoms with E-state index < -0.39 is 66.2 Å². The smallest absolute Gasteiger partial charge is 0.315 e. The van der Waals surface area contributed by atoms with Gasteiger partial charge in [0.25, 0.3) is 0 Å². The summed E-state index contributed by atoms with van der Waals surface area (Å²) in [5.74, 6) is -1.40. The van der Waals surface area contributed by atoms with Gasteiger partial charge in [0.05, 0.1) is 23.5 Å². The third-order valence-electron chi connectivity index (χ3n) is 15.2. The quantitative estimate of drug-likeness (QED) is 0.195. The maximum absolute atomic E-state index is 14.4. The fourth-order valence-corrected chi connectivity index (χ4v) is 12.0. The Morgan fingerprint density at radius 1 is 0.870 bits per heavy atom. The van der Waals surface area contributed by atoms with E-state index in [0.717, 1.165) is 44.9 Å². The number of carboxylic acids is 1. The van der Waals surface area contributed by atoms with Gasteiger partial charge in [-0.1, -0.05) is 46.3 Å². The van der Waals surface area contributed by atoms with Crippen molar-refractivity contribution in [1.82, 2.24) is 0 Å². The Labute approximate surface area is 272 Å². The van der Waals surface area contributed by atoms with Crippen molar-refractivity contribution in [2.75, 3.05) is 6.61 Å². The minimum Gasteiger partial charge on any atom is -0.481 e. The van der Waals surface area contributed by atoms with E-state index in [9.17, 15) is 40.2 Å². The van der Waals surface area contributed by atoms with Gasteiger partial charge in [0.2, 0.25) is 6.29 Å². The molecule has 5 fully saturated rings. The van der Waals surface area contributed by atoms with Crippen LogP contribution in [0.25, 0.3) is 0 Å². The number of hydrogen-bond donors (Lipinski definition) is 6. The highest BCUT2D eigenvalue weighted by Gasteiger charge is 2.71. The molecule has 0 bridgehead atoms. The molecule has 1 aliphatic heterocycles. The largest absolute Gasteiger partial charge is 0.481 e. The van der Waals surface area contributed by atoms with Crippen molar-refractivity contribution in [3.63, 3.8) is 0 Å². The summed E-state index contributed by atoms with van der Waals surface area (Å²) in [5, 5.41) is 62.4. The van der Waals surface area contributed by atoms with Crippen LogP contribution in [0, 0.1) is 50.2 Å². The monoisotopic (exact) mass is 648 g/mol. The number of aliphatic carboxylic acids is 1. The Hall–Kier alpha value is -1.56. The molecule has 0 aromatic heterocycles. The Balaban J connectivity index is 1.36. The molecule has 4 saturated carbocycles. The van der Waals surface area contributed by atoms with Crippen molar-refractivity contribution < 1.29 is 49.7 Å². The summed E-state index contributed by atoms with van der Waals surface area (Å²) in [7, 11) is 0. The number of carbonyl (C=O) groups excluding carboxylic acids is 1. The lowest BCUT2D eigenvalue weighted by atomic mass is 9.33. The molecule has 1 heterocycles. The van der Waals surface area contributed by atoms with Gasteiger partial charge in [0.1, 0.15) is 24.4 Å². The average molecular weight is 649 g/mol. The minimum absolute atomic E-state index is 0.0130. The maximum Gasteiger partial charge on any atom is 0.315 e. The number of hydrogen-bond acceptors (Lipinski definition) is 9. The normalized spacial score (nSPS) is 53.0. The molecule has 10 nitrogen and oxygen atoms in total. The zero-order valence-corrected chi connectivity index (χ0v) is 28.4. The van der Waals surface area contributed by atoms with Crippen LogP contribution in [0.5, 0.6) is 0 Å². The standard InChI is InChI=1S/C36H56O10/c1-31(2)13-15-36(30(44)46-28-27(41)26(40)25(39)21(18-37)45-28)16-14-33(4)19(20(36)17-31)7-8-22-32(3)11-10-24(38)35(6,29(42)43)23(32)9-12-34(22,33)5/h7,20-28,37-41H,8-18H2,1-6H3,(H,42,43)/t20-,21+,22+,23+,24-,25+,26-,27+,28+,32+,33+,34+,35-,36-/m0/s1. The van der Waals surface area contributed by atoms with E-state index in [1.807, 2.05) is 0 Å². The van der Waals surface area contributed by atoms with Crippen molar-refractivity contribution in [3.05, 3.63) is 11.6 Å². The number of aliphatic hydroxyl groups is 5. The van der Waals surface area contributed by atoms with Crippen molar-refractivity contribution in [1.29, 1.82) is 0 Å². The third-order valence-corrected chi connectivity index (χ3v) is 15.2. The summed E-state index contributed by atoms with van der Waals surface area (Å²) in [6.45, 7) is 12.6. The van der Waals surface area contributed by atoms with Crippen LogP contribution in [0.2, 0.25) is 0 Å². The maximum atomic E-state index is 14.4. The number of carboxylic acid groups (broad SMARTS) is 1. The molecule has 6 rings (SSSR count). The molecule has 0 spiro atoms. The number of fused-ring (bicyclic) bond motifs is 7. The molecule has 10 heteroatoms. The first-order valence-corrected chi connectivity index (χ1v) is 17.5. The summed E-state index contributed by atoms with van der Waals surface area (Å²) in [4.78, 5) is 27.1. The zero-order valence-electron chi connectivity index (χ0n) is 28.4. The molecular weight excluding hydrogens is 592 g/mol. The van der Waals surface area contributed by atoms with Gasteiger partial charge in [0.15, 0.2) is 0 Å². The first kappa shape index (κ1) is 34.3. The topological polar surface area (TPSA) is 174 Å². The predicted octanol–water partition coefficient (Wildman–Crippen LogP) is 3.56. The average Bonchev–Trinajstić information content (AvgIpc) is 2.99. The number of ether oxygens (including phenoxy) is 2. The molecule has 6 aliphatic rings. The van der Waals surface area contributed by atoms with E-state index in [4.69, 9.17) is 9.47 Å². The van der Waals surface area contributed by atoms with E-state index in [-0.39, 0.29) is 39.4 Å². The van der Waals surface area contributed by atoms with Crippen LogP contribution in [0.1, 0.15) is 106 Å². The van der Waals surface area contributed by atoms with Crippen LogP contribution in [0.3, 0.4) is 0 Å². The predicted molar refractivity (Wildman–Crippen MR) is 167 cm³/mol. The van der Waals surface area contributed by atoms with Crippen LogP contribution in [-0.4, -0.2) is 86.0 Å². The molecule has 5 aliphatic carbocycles. The van der Waals surface area contributed by atoms with Crippen LogP contribution in [0.4, 0.5) is 0 Å². The minimum atomic E-state index is -1.65. The van der Waals surface area contributed by atoms with Gasteiger partial charge in [-0.25, -0.2) is 0 Å². The number of rotatable bonds is 4. The van der Waals surface area contributed by atoms with E-state index in [0.29, 0.717) is 19.3 Å². The molecule has 0 aromatic carbocycles. The summed E-state index contributed by atoms with van der Waals surface area (Å²) in [6, 6.07) is 0. The van der Waals surface area contributed by atoms with Crippen LogP contribution in [0.15, 0.2) is 11.6 Å². The molecular formula is C36H56O10. The molecule has 0 aromatic rings. The summed E-state index contributed by atoms with van der Waals surface area (Å²) in [5.41, 5.74) is -1.39. The molecule has 0 unspecified atom stereocenters. The van der Waals surface area contributed by atoms with E-state index in [1.165, 1.54) is 5.57 Å². The van der Waals surface area contributed by atoms with Crippen molar-refractivity contribution in [3.8, 4) is 0 Å². The van der Waals surface area contributed by atoms with E-state index >= 15 is 0 Å². The van der Waals surface area contributed by atoms with Crippen molar-refractivity contribution in [2.24, 2.45) is 50.2 Å². The van der Waals surface area contributed by atoms with E-state index in [1.54, 1.807) is 6.92 Å². The van der Waals surface area contributed by atoms with Crippen molar-refractivity contribution in [2.45, 2.75) is 143 Å². The Morgan fingerprint density at radius 2 is 1.54 bits per heavy atom. The summed E-state index contributed by atoms with van der Waals surface area (Å²) in [6.07, 6.45) is 1.20. The molecule has 6 N–H and O–H groups in total. The highest BCUT2D eigenvalue weighted by molar-refractivity contribution is 5.79. The number of aliphatic hydroxyl groups excluding tert-OH is 5. The van der Waals surface area contributed by atoms with Gasteiger partial charge in [-0.3, -0.25) is 9.59 Å². The van der Waals surface area contributed by atoms with Crippen LogP contribution in [-0.2, 0) is 19.1 Å².